The van der Waals surface area contributed by atoms with Gasteiger partial charge in [0.2, 0.25) is 5.91 Å². The number of rotatable bonds is 2. The van der Waals surface area contributed by atoms with E-state index in [9.17, 15) is 4.79 Å². The van der Waals surface area contributed by atoms with E-state index in [0.29, 0.717) is 13.1 Å². The zero-order valence-corrected chi connectivity index (χ0v) is 10.6. The Bertz CT molecular complexity index is 613. The van der Waals surface area contributed by atoms with E-state index in [1.807, 2.05) is 36.4 Å². The summed E-state index contributed by atoms with van der Waals surface area (Å²) in [5, 5.41) is 0. The summed E-state index contributed by atoms with van der Waals surface area (Å²) in [6, 6.07) is 12.0. The Kier molecular flexibility index (Phi) is 2.95. The molecule has 1 aromatic carbocycles. The first-order valence-corrected chi connectivity index (χ1v) is 6.36. The molecule has 3 rings (SSSR count). The second-order valence-corrected chi connectivity index (χ2v) is 4.64. The van der Waals surface area contributed by atoms with E-state index in [0.717, 1.165) is 29.1 Å². The summed E-state index contributed by atoms with van der Waals surface area (Å²) in [7, 11) is 0. The van der Waals surface area contributed by atoms with Crippen LogP contribution in [-0.2, 0) is 17.8 Å². The van der Waals surface area contributed by atoms with Gasteiger partial charge in [0.05, 0.1) is 0 Å². The third-order valence-electron chi connectivity index (χ3n) is 3.41. The van der Waals surface area contributed by atoms with Gasteiger partial charge in [-0.05, 0) is 12.1 Å². The zero-order chi connectivity index (χ0) is 13.2. The molecule has 1 amide bonds. The SMILES string of the molecule is C=CC(=O)N1CCc2oc(-c3ccccc3)cc2C1. The van der Waals surface area contributed by atoms with Crippen molar-refractivity contribution in [2.45, 2.75) is 13.0 Å². The van der Waals surface area contributed by atoms with E-state index in [1.165, 1.54) is 6.08 Å². The van der Waals surface area contributed by atoms with Gasteiger partial charge in [0.15, 0.2) is 0 Å². The number of furan rings is 1. The summed E-state index contributed by atoms with van der Waals surface area (Å²) in [5.41, 5.74) is 2.17. The second-order valence-electron chi connectivity index (χ2n) is 4.64. The van der Waals surface area contributed by atoms with Crippen LogP contribution in [0.1, 0.15) is 11.3 Å². The van der Waals surface area contributed by atoms with Crippen LogP contribution in [0.5, 0.6) is 0 Å². The molecule has 0 saturated carbocycles. The number of carbonyl (C=O) groups is 1. The lowest BCUT2D eigenvalue weighted by Crippen LogP contribution is -2.34. The summed E-state index contributed by atoms with van der Waals surface area (Å²) in [6.07, 6.45) is 2.13. The fourth-order valence-corrected chi connectivity index (χ4v) is 2.39. The molecule has 3 nitrogen and oxygen atoms in total. The Labute approximate surface area is 112 Å². The van der Waals surface area contributed by atoms with E-state index < -0.39 is 0 Å². The van der Waals surface area contributed by atoms with Crippen LogP contribution in [0.25, 0.3) is 11.3 Å². The summed E-state index contributed by atoms with van der Waals surface area (Å²) < 4.78 is 5.89. The molecule has 2 heterocycles. The molecule has 0 radical (unpaired) electrons. The highest BCUT2D eigenvalue weighted by atomic mass is 16.3. The van der Waals surface area contributed by atoms with Gasteiger partial charge in [-0.15, -0.1) is 0 Å². The van der Waals surface area contributed by atoms with E-state index in [4.69, 9.17) is 4.42 Å². The first-order valence-electron chi connectivity index (χ1n) is 6.36. The summed E-state index contributed by atoms with van der Waals surface area (Å²) >= 11 is 0. The van der Waals surface area contributed by atoms with Crippen LogP contribution in [-0.4, -0.2) is 17.4 Å². The van der Waals surface area contributed by atoms with Gasteiger partial charge in [0, 0.05) is 30.6 Å². The van der Waals surface area contributed by atoms with Gasteiger partial charge in [0.25, 0.3) is 0 Å². The smallest absolute Gasteiger partial charge is 0.246 e. The van der Waals surface area contributed by atoms with Crippen molar-refractivity contribution in [2.24, 2.45) is 0 Å². The maximum absolute atomic E-state index is 11.6. The van der Waals surface area contributed by atoms with Crippen LogP contribution in [0, 0.1) is 0 Å². The predicted molar refractivity (Wildman–Crippen MR) is 73.5 cm³/mol. The molecule has 0 saturated heterocycles. The molecule has 0 unspecified atom stereocenters. The fourth-order valence-electron chi connectivity index (χ4n) is 2.39. The number of carbonyl (C=O) groups excluding carboxylic acids is 1. The predicted octanol–water partition coefficient (Wildman–Crippen LogP) is 3.02. The lowest BCUT2D eigenvalue weighted by molar-refractivity contribution is -0.126. The normalized spacial score (nSPS) is 14.0. The van der Waals surface area contributed by atoms with Crippen molar-refractivity contribution < 1.29 is 9.21 Å². The van der Waals surface area contributed by atoms with Crippen LogP contribution < -0.4 is 0 Å². The average molecular weight is 253 g/mol. The van der Waals surface area contributed by atoms with Gasteiger partial charge < -0.3 is 9.32 Å². The first-order chi connectivity index (χ1) is 9.28. The molecule has 1 aliphatic rings. The standard InChI is InChI=1S/C16H15NO2/c1-2-16(18)17-9-8-14-13(11-17)10-15(19-14)12-6-4-3-5-7-12/h2-7,10H,1,8-9,11H2. The van der Waals surface area contributed by atoms with Gasteiger partial charge in [-0.3, -0.25) is 4.79 Å². The van der Waals surface area contributed by atoms with E-state index in [2.05, 4.69) is 6.58 Å². The van der Waals surface area contributed by atoms with Gasteiger partial charge in [-0.1, -0.05) is 36.9 Å². The van der Waals surface area contributed by atoms with Crippen LogP contribution in [0.3, 0.4) is 0 Å². The highest BCUT2D eigenvalue weighted by Gasteiger charge is 2.22. The molecule has 0 bridgehead atoms. The maximum atomic E-state index is 11.6. The van der Waals surface area contributed by atoms with Crippen molar-refractivity contribution in [3.8, 4) is 11.3 Å². The number of hydrogen-bond acceptors (Lipinski definition) is 2. The number of hydrogen-bond donors (Lipinski definition) is 0. The van der Waals surface area contributed by atoms with Crippen molar-refractivity contribution in [3.63, 3.8) is 0 Å². The molecule has 19 heavy (non-hydrogen) atoms. The summed E-state index contributed by atoms with van der Waals surface area (Å²) in [6.45, 7) is 4.83. The van der Waals surface area contributed by atoms with Gasteiger partial charge in [0.1, 0.15) is 11.5 Å². The Morgan fingerprint density at radius 1 is 1.32 bits per heavy atom. The first kappa shape index (κ1) is 11.8. The quantitative estimate of drug-likeness (QED) is 0.771. The van der Waals surface area contributed by atoms with E-state index in [-0.39, 0.29) is 5.91 Å². The van der Waals surface area contributed by atoms with Crippen molar-refractivity contribution >= 4 is 5.91 Å². The third kappa shape index (κ3) is 2.19. The fraction of sp³-hybridized carbons (Fsp3) is 0.188. The molecule has 96 valence electrons. The third-order valence-corrected chi connectivity index (χ3v) is 3.41. The Hall–Kier alpha value is -2.29. The Morgan fingerprint density at radius 2 is 2.11 bits per heavy atom. The van der Waals surface area contributed by atoms with Crippen LogP contribution in [0.15, 0.2) is 53.5 Å². The summed E-state index contributed by atoms with van der Waals surface area (Å²) in [5.74, 6) is 1.85. The highest BCUT2D eigenvalue weighted by Crippen LogP contribution is 2.29. The molecule has 1 aliphatic heterocycles. The molecule has 1 aromatic heterocycles. The molecule has 0 atom stereocenters. The molecule has 0 spiro atoms. The average Bonchev–Trinajstić information content (AvgIpc) is 2.90. The molecule has 0 N–H and O–H groups in total. The van der Waals surface area contributed by atoms with E-state index >= 15 is 0 Å². The van der Waals surface area contributed by atoms with Crippen molar-refractivity contribution in [3.05, 3.63) is 60.4 Å². The summed E-state index contributed by atoms with van der Waals surface area (Å²) in [4.78, 5) is 13.4. The van der Waals surface area contributed by atoms with Crippen LogP contribution in [0.2, 0.25) is 0 Å². The highest BCUT2D eigenvalue weighted by molar-refractivity contribution is 5.87. The molecular formula is C16H15NO2. The maximum Gasteiger partial charge on any atom is 0.246 e. The lowest BCUT2D eigenvalue weighted by Gasteiger charge is -2.24. The molecule has 2 aromatic rings. The molecule has 0 fully saturated rings. The van der Waals surface area contributed by atoms with Gasteiger partial charge in [-0.25, -0.2) is 0 Å². The molecule has 0 aliphatic carbocycles. The van der Waals surface area contributed by atoms with Gasteiger partial charge in [-0.2, -0.15) is 0 Å². The van der Waals surface area contributed by atoms with Gasteiger partial charge >= 0.3 is 0 Å². The minimum Gasteiger partial charge on any atom is -0.461 e. The monoisotopic (exact) mass is 253 g/mol. The number of fused-ring (bicyclic) bond motifs is 1. The van der Waals surface area contributed by atoms with Crippen LogP contribution in [0.4, 0.5) is 0 Å². The Morgan fingerprint density at radius 3 is 2.84 bits per heavy atom. The van der Waals surface area contributed by atoms with Crippen molar-refractivity contribution in [1.82, 2.24) is 4.90 Å². The largest absolute Gasteiger partial charge is 0.461 e. The molecular weight excluding hydrogens is 238 g/mol. The lowest BCUT2D eigenvalue weighted by atomic mass is 10.1. The number of nitrogens with zero attached hydrogens (tertiary/aromatic N) is 1. The Balaban J connectivity index is 1.89. The zero-order valence-electron chi connectivity index (χ0n) is 10.6. The number of amides is 1. The number of benzene rings is 1. The van der Waals surface area contributed by atoms with Crippen LogP contribution >= 0.6 is 0 Å². The van der Waals surface area contributed by atoms with Crippen molar-refractivity contribution in [1.29, 1.82) is 0 Å². The second kappa shape index (κ2) is 4.76. The minimum absolute atomic E-state index is 0.0203. The topological polar surface area (TPSA) is 33.5 Å². The minimum atomic E-state index is -0.0203. The molecule has 3 heteroatoms. The van der Waals surface area contributed by atoms with E-state index in [1.54, 1.807) is 4.90 Å². The van der Waals surface area contributed by atoms with Crippen molar-refractivity contribution in [2.75, 3.05) is 6.54 Å².